The fraction of sp³-hybridized carbons (Fsp3) is 0.235. The van der Waals surface area contributed by atoms with Crippen molar-refractivity contribution in [1.29, 1.82) is 0 Å². The second kappa shape index (κ2) is 6.88. The third kappa shape index (κ3) is 3.60. The summed E-state index contributed by atoms with van der Waals surface area (Å²) in [6.07, 6.45) is 1.12. The van der Waals surface area contributed by atoms with Crippen molar-refractivity contribution in [3.8, 4) is 0 Å². The average molecular weight is 379 g/mol. The molecular weight excluding hydrogens is 361 g/mol. The summed E-state index contributed by atoms with van der Waals surface area (Å²) in [5.74, 6) is 0.487. The smallest absolute Gasteiger partial charge is 0.256 e. The predicted molar refractivity (Wildman–Crippen MR) is 92.3 cm³/mol. The molecular formula is C17H18INO. The summed E-state index contributed by atoms with van der Waals surface area (Å²) in [5.41, 5.74) is 2.85. The van der Waals surface area contributed by atoms with E-state index in [-0.39, 0.29) is 5.91 Å². The zero-order valence-corrected chi connectivity index (χ0v) is 13.8. The summed E-state index contributed by atoms with van der Waals surface area (Å²) in [6, 6.07) is 15.7. The molecule has 0 fully saturated rings. The predicted octanol–water partition coefficient (Wildman–Crippen LogP) is 5.06. The fourth-order valence-corrected chi connectivity index (χ4v) is 2.61. The van der Waals surface area contributed by atoms with Gasteiger partial charge in [0.05, 0.1) is 5.56 Å². The van der Waals surface area contributed by atoms with Crippen molar-refractivity contribution in [2.24, 2.45) is 0 Å². The minimum Gasteiger partial charge on any atom is -0.322 e. The van der Waals surface area contributed by atoms with Gasteiger partial charge < -0.3 is 5.32 Å². The summed E-state index contributed by atoms with van der Waals surface area (Å²) in [6.45, 7) is 4.39. The lowest BCUT2D eigenvalue weighted by molar-refractivity contribution is 0.102. The molecule has 2 nitrogen and oxygen atoms in total. The molecule has 0 radical (unpaired) electrons. The molecule has 0 spiro atoms. The molecule has 20 heavy (non-hydrogen) atoms. The highest BCUT2D eigenvalue weighted by Crippen LogP contribution is 2.21. The van der Waals surface area contributed by atoms with Crippen molar-refractivity contribution in [2.75, 3.05) is 5.32 Å². The number of benzene rings is 2. The monoisotopic (exact) mass is 379 g/mol. The lowest BCUT2D eigenvalue weighted by Crippen LogP contribution is -2.13. The topological polar surface area (TPSA) is 29.1 Å². The first-order valence-corrected chi connectivity index (χ1v) is 7.85. The fourth-order valence-electron chi connectivity index (χ4n) is 1.97. The molecule has 2 aromatic carbocycles. The van der Waals surface area contributed by atoms with Crippen LogP contribution in [0.1, 0.15) is 42.1 Å². The summed E-state index contributed by atoms with van der Waals surface area (Å²) in [4.78, 5) is 12.2. The number of amides is 1. The van der Waals surface area contributed by atoms with Crippen LogP contribution in [-0.2, 0) is 0 Å². The highest BCUT2D eigenvalue weighted by atomic mass is 127. The first kappa shape index (κ1) is 15.0. The van der Waals surface area contributed by atoms with Gasteiger partial charge in [0.2, 0.25) is 0 Å². The Morgan fingerprint density at radius 2 is 1.80 bits per heavy atom. The van der Waals surface area contributed by atoms with Crippen molar-refractivity contribution >= 4 is 34.2 Å². The first-order valence-electron chi connectivity index (χ1n) is 6.77. The summed E-state index contributed by atoms with van der Waals surface area (Å²) >= 11 is 2.18. The van der Waals surface area contributed by atoms with Crippen molar-refractivity contribution in [1.82, 2.24) is 0 Å². The number of hydrogen-bond donors (Lipinski definition) is 1. The lowest BCUT2D eigenvalue weighted by atomic mass is 9.98. The molecule has 104 valence electrons. The van der Waals surface area contributed by atoms with Crippen LogP contribution in [0, 0.1) is 3.57 Å². The van der Waals surface area contributed by atoms with E-state index in [2.05, 4.69) is 53.9 Å². The molecule has 0 aliphatic heterocycles. The molecule has 0 unspecified atom stereocenters. The molecule has 1 amide bonds. The van der Waals surface area contributed by atoms with E-state index in [1.807, 2.05) is 36.4 Å². The van der Waals surface area contributed by atoms with Gasteiger partial charge in [-0.05, 0) is 64.8 Å². The van der Waals surface area contributed by atoms with Gasteiger partial charge in [-0.1, -0.05) is 38.1 Å². The molecule has 0 saturated heterocycles. The Morgan fingerprint density at radius 3 is 2.40 bits per heavy atom. The van der Waals surface area contributed by atoms with E-state index in [1.165, 1.54) is 5.56 Å². The second-order valence-electron chi connectivity index (χ2n) is 4.87. The Balaban J connectivity index is 2.11. The van der Waals surface area contributed by atoms with Crippen molar-refractivity contribution < 1.29 is 4.79 Å². The SMILES string of the molecule is CC[C@@H](C)c1ccc(NC(=O)c2ccccc2I)cc1. The molecule has 0 heterocycles. The number of halogens is 1. The normalized spacial score (nSPS) is 11.9. The van der Waals surface area contributed by atoms with E-state index >= 15 is 0 Å². The van der Waals surface area contributed by atoms with Crippen LogP contribution < -0.4 is 5.32 Å². The molecule has 2 aromatic rings. The standard InChI is InChI=1S/C17H18INO/c1-3-12(2)13-8-10-14(11-9-13)19-17(20)15-6-4-5-7-16(15)18/h4-12H,3H2,1-2H3,(H,19,20)/t12-/m1/s1. The van der Waals surface area contributed by atoms with Gasteiger partial charge in [-0.2, -0.15) is 0 Å². The van der Waals surface area contributed by atoms with Gasteiger partial charge >= 0.3 is 0 Å². The Hall–Kier alpha value is -1.36. The highest BCUT2D eigenvalue weighted by molar-refractivity contribution is 14.1. The van der Waals surface area contributed by atoms with Crippen LogP contribution in [0.3, 0.4) is 0 Å². The van der Waals surface area contributed by atoms with E-state index in [0.717, 1.165) is 15.7 Å². The molecule has 0 aromatic heterocycles. The number of carbonyl (C=O) groups excluding carboxylic acids is 1. The van der Waals surface area contributed by atoms with E-state index in [0.29, 0.717) is 11.5 Å². The van der Waals surface area contributed by atoms with Crippen LogP contribution in [0.5, 0.6) is 0 Å². The molecule has 0 aliphatic carbocycles. The third-order valence-corrected chi connectivity index (χ3v) is 4.41. The third-order valence-electron chi connectivity index (χ3n) is 3.47. The van der Waals surface area contributed by atoms with Gasteiger partial charge in [0.15, 0.2) is 0 Å². The van der Waals surface area contributed by atoms with Gasteiger partial charge in [-0.3, -0.25) is 4.79 Å². The Labute approximate surface area is 133 Å². The lowest BCUT2D eigenvalue weighted by Gasteiger charge is -2.11. The van der Waals surface area contributed by atoms with Crippen LogP contribution in [0.15, 0.2) is 48.5 Å². The van der Waals surface area contributed by atoms with Crippen molar-refractivity contribution in [3.63, 3.8) is 0 Å². The average Bonchev–Trinajstić information content (AvgIpc) is 2.47. The minimum absolute atomic E-state index is 0.0636. The van der Waals surface area contributed by atoms with Gasteiger partial charge in [0.1, 0.15) is 0 Å². The first-order chi connectivity index (χ1) is 9.61. The van der Waals surface area contributed by atoms with Gasteiger partial charge in [0, 0.05) is 9.26 Å². The van der Waals surface area contributed by atoms with Crippen LogP contribution in [-0.4, -0.2) is 5.91 Å². The van der Waals surface area contributed by atoms with Crippen LogP contribution in [0.25, 0.3) is 0 Å². The van der Waals surface area contributed by atoms with Gasteiger partial charge in [0.25, 0.3) is 5.91 Å². The Morgan fingerprint density at radius 1 is 1.15 bits per heavy atom. The summed E-state index contributed by atoms with van der Waals surface area (Å²) in [5, 5.41) is 2.94. The molecule has 0 aliphatic rings. The minimum atomic E-state index is -0.0636. The van der Waals surface area contributed by atoms with Crippen molar-refractivity contribution in [3.05, 3.63) is 63.2 Å². The largest absolute Gasteiger partial charge is 0.322 e. The van der Waals surface area contributed by atoms with E-state index in [9.17, 15) is 4.79 Å². The van der Waals surface area contributed by atoms with E-state index in [1.54, 1.807) is 0 Å². The number of rotatable bonds is 4. The zero-order valence-electron chi connectivity index (χ0n) is 11.7. The number of hydrogen-bond acceptors (Lipinski definition) is 1. The number of carbonyl (C=O) groups is 1. The molecule has 0 bridgehead atoms. The van der Waals surface area contributed by atoms with Gasteiger partial charge in [-0.25, -0.2) is 0 Å². The Bertz CT molecular complexity index is 592. The van der Waals surface area contributed by atoms with Crippen LogP contribution in [0.4, 0.5) is 5.69 Å². The highest BCUT2D eigenvalue weighted by Gasteiger charge is 2.09. The molecule has 2 rings (SSSR count). The number of nitrogens with one attached hydrogen (secondary N) is 1. The van der Waals surface area contributed by atoms with Gasteiger partial charge in [-0.15, -0.1) is 0 Å². The molecule has 0 saturated carbocycles. The summed E-state index contributed by atoms with van der Waals surface area (Å²) < 4.78 is 0.957. The Kier molecular flexibility index (Phi) is 5.17. The molecule has 1 N–H and O–H groups in total. The van der Waals surface area contributed by atoms with Crippen LogP contribution >= 0.6 is 22.6 Å². The van der Waals surface area contributed by atoms with E-state index in [4.69, 9.17) is 0 Å². The quantitative estimate of drug-likeness (QED) is 0.740. The maximum Gasteiger partial charge on any atom is 0.256 e. The molecule has 3 heteroatoms. The molecule has 1 atom stereocenters. The maximum absolute atomic E-state index is 12.2. The zero-order chi connectivity index (χ0) is 14.5. The maximum atomic E-state index is 12.2. The number of anilines is 1. The summed E-state index contributed by atoms with van der Waals surface area (Å²) in [7, 11) is 0. The second-order valence-corrected chi connectivity index (χ2v) is 6.03. The van der Waals surface area contributed by atoms with Crippen molar-refractivity contribution in [2.45, 2.75) is 26.2 Å². The van der Waals surface area contributed by atoms with E-state index < -0.39 is 0 Å². The van der Waals surface area contributed by atoms with Crippen LogP contribution in [0.2, 0.25) is 0 Å².